The minimum Gasteiger partial charge on any atom is -0.480 e. The Kier molecular flexibility index (Phi) is 6.75. The topological polar surface area (TPSA) is 65.5 Å². The van der Waals surface area contributed by atoms with Crippen LogP contribution in [0.1, 0.15) is 24.1 Å². The third kappa shape index (κ3) is 5.34. The lowest BCUT2D eigenvalue weighted by Crippen LogP contribution is -2.14. The second-order valence-electron chi connectivity index (χ2n) is 6.92. The van der Waals surface area contributed by atoms with E-state index in [1.54, 1.807) is 25.3 Å². The zero-order valence-electron chi connectivity index (χ0n) is 16.0. The molecule has 28 heavy (non-hydrogen) atoms. The number of hydrogen-bond donors (Lipinski definition) is 0. The zero-order chi connectivity index (χ0) is 20.1. The number of allylic oxidation sites excluding steroid dienone is 2. The second kappa shape index (κ2) is 9.07. The van der Waals surface area contributed by atoms with E-state index >= 15 is 0 Å². The van der Waals surface area contributed by atoms with Gasteiger partial charge < -0.3 is 9.47 Å². The first-order valence-electron chi connectivity index (χ1n) is 9.15. The average Bonchev–Trinajstić information content (AvgIpc) is 2.68. The monoisotopic (exact) mass is 421 g/mol. The molecule has 0 bridgehead atoms. The van der Waals surface area contributed by atoms with Crippen LogP contribution in [0.2, 0.25) is 5.02 Å². The van der Waals surface area contributed by atoms with Crippen LogP contribution in [0.4, 0.5) is 0 Å². The van der Waals surface area contributed by atoms with Gasteiger partial charge in [-0.15, -0.1) is 0 Å². The number of hydrogen-bond acceptors (Lipinski definition) is 5. The minimum absolute atomic E-state index is 0.317. The Morgan fingerprint density at radius 2 is 1.89 bits per heavy atom. The van der Waals surface area contributed by atoms with Gasteiger partial charge in [0.25, 0.3) is 0 Å². The van der Waals surface area contributed by atoms with Gasteiger partial charge in [0.05, 0.1) is 17.7 Å². The van der Waals surface area contributed by atoms with E-state index in [9.17, 15) is 8.42 Å². The Hall–Kier alpha value is -1.89. The van der Waals surface area contributed by atoms with Crippen LogP contribution in [-0.2, 0) is 21.0 Å². The minimum atomic E-state index is -3.21. The Bertz CT molecular complexity index is 949. The summed E-state index contributed by atoms with van der Waals surface area (Å²) in [5.74, 6) is 0.812. The van der Waals surface area contributed by atoms with Crippen molar-refractivity contribution >= 4 is 27.0 Å². The Balaban J connectivity index is 1.93. The summed E-state index contributed by atoms with van der Waals surface area (Å²) in [6.45, 7) is 1.52. The number of aromatic nitrogens is 1. The molecule has 0 spiro atoms. The molecular weight excluding hydrogens is 398 g/mol. The van der Waals surface area contributed by atoms with Crippen LogP contribution < -0.4 is 4.74 Å². The number of pyridine rings is 1. The predicted molar refractivity (Wildman–Crippen MR) is 111 cm³/mol. The largest absolute Gasteiger partial charge is 0.480 e. The molecule has 0 radical (unpaired) electrons. The van der Waals surface area contributed by atoms with Crippen LogP contribution in [0.3, 0.4) is 0 Å². The summed E-state index contributed by atoms with van der Waals surface area (Å²) in [4.78, 5) is 4.88. The summed E-state index contributed by atoms with van der Waals surface area (Å²) in [6.07, 6.45) is 6.05. The van der Waals surface area contributed by atoms with Crippen LogP contribution in [0.25, 0.3) is 5.57 Å². The molecule has 150 valence electrons. The summed E-state index contributed by atoms with van der Waals surface area (Å²) < 4.78 is 34.1. The molecule has 1 aliphatic rings. The molecule has 1 aromatic heterocycles. The molecule has 1 aromatic carbocycles. The van der Waals surface area contributed by atoms with Gasteiger partial charge in [-0.2, -0.15) is 0 Å². The Labute approximate surface area is 171 Å². The van der Waals surface area contributed by atoms with E-state index in [0.717, 1.165) is 42.9 Å². The fraction of sp³-hybridized carbons (Fsp3) is 0.381. The molecule has 1 aliphatic heterocycles. The first-order valence-corrected chi connectivity index (χ1v) is 11.4. The van der Waals surface area contributed by atoms with Crippen molar-refractivity contribution in [2.24, 2.45) is 5.92 Å². The molecule has 3 rings (SSSR count). The van der Waals surface area contributed by atoms with Crippen LogP contribution >= 0.6 is 11.6 Å². The number of sulfone groups is 1. The third-order valence-electron chi connectivity index (χ3n) is 4.79. The van der Waals surface area contributed by atoms with Gasteiger partial charge in [-0.3, -0.25) is 0 Å². The van der Waals surface area contributed by atoms with Crippen molar-refractivity contribution in [2.45, 2.75) is 24.2 Å². The van der Waals surface area contributed by atoms with Crippen molar-refractivity contribution in [3.05, 3.63) is 58.8 Å². The molecule has 7 heteroatoms. The summed E-state index contributed by atoms with van der Waals surface area (Å²) in [5.41, 5.74) is 2.88. The van der Waals surface area contributed by atoms with Crippen molar-refractivity contribution in [3.63, 3.8) is 0 Å². The summed E-state index contributed by atoms with van der Waals surface area (Å²) in [6, 6.07) is 10.7. The molecule has 2 aromatic rings. The van der Waals surface area contributed by atoms with Crippen molar-refractivity contribution in [2.75, 3.05) is 26.6 Å². The number of ether oxygens (including phenoxy) is 2. The van der Waals surface area contributed by atoms with Crippen molar-refractivity contribution in [3.8, 4) is 5.88 Å². The van der Waals surface area contributed by atoms with E-state index < -0.39 is 9.84 Å². The van der Waals surface area contributed by atoms with Gasteiger partial charge in [-0.25, -0.2) is 13.4 Å². The maximum Gasteiger partial charge on any atom is 0.232 e. The highest BCUT2D eigenvalue weighted by Gasteiger charge is 2.16. The Morgan fingerprint density at radius 3 is 2.50 bits per heavy atom. The quantitative estimate of drug-likeness (QED) is 0.699. The lowest BCUT2D eigenvalue weighted by molar-refractivity contribution is 0.0786. The van der Waals surface area contributed by atoms with Crippen molar-refractivity contribution in [1.29, 1.82) is 0 Å². The van der Waals surface area contributed by atoms with Crippen LogP contribution in [-0.4, -0.2) is 40.0 Å². The molecule has 0 N–H and O–H groups in total. The second-order valence-corrected chi connectivity index (χ2v) is 9.35. The molecular formula is C21H24ClNO4S. The first kappa shape index (κ1) is 20.8. The average molecular weight is 422 g/mol. The van der Waals surface area contributed by atoms with E-state index in [1.165, 1.54) is 6.26 Å². The molecule has 0 atom stereocenters. The summed E-state index contributed by atoms with van der Waals surface area (Å²) >= 11 is 6.13. The zero-order valence-corrected chi connectivity index (χ0v) is 17.6. The van der Waals surface area contributed by atoms with Gasteiger partial charge >= 0.3 is 0 Å². The highest BCUT2D eigenvalue weighted by Crippen LogP contribution is 2.29. The van der Waals surface area contributed by atoms with Gasteiger partial charge in [-0.05, 0) is 60.6 Å². The number of benzene rings is 1. The number of halogens is 1. The molecule has 1 fully saturated rings. The number of nitrogens with zero attached hydrogens (tertiary/aromatic N) is 1. The molecule has 2 heterocycles. The lowest BCUT2D eigenvalue weighted by atomic mass is 9.93. The fourth-order valence-corrected chi connectivity index (χ4v) is 4.03. The Morgan fingerprint density at radius 1 is 1.21 bits per heavy atom. The van der Waals surface area contributed by atoms with Gasteiger partial charge in [-0.1, -0.05) is 29.8 Å². The standard InChI is InChI=1S/C21H24ClNO4S/c1-26-21-19(22)7-8-20(23-21)17(14-16-9-11-27-12-10-16)13-15-3-5-18(6-4-15)28(2,24)25/h3-8,14,16H,9-13H2,1-2H3/b17-14+. The van der Waals surface area contributed by atoms with Crippen LogP contribution in [0, 0.1) is 5.92 Å². The van der Waals surface area contributed by atoms with Gasteiger partial charge in [0, 0.05) is 19.5 Å². The lowest BCUT2D eigenvalue weighted by Gasteiger charge is -2.20. The summed E-state index contributed by atoms with van der Waals surface area (Å²) in [7, 11) is -1.66. The van der Waals surface area contributed by atoms with E-state index in [-0.39, 0.29) is 0 Å². The SMILES string of the molecule is COc1nc(/C(=C/C2CCOCC2)Cc2ccc(S(C)(=O)=O)cc2)ccc1Cl. The van der Waals surface area contributed by atoms with Gasteiger partial charge in [0.15, 0.2) is 9.84 Å². The molecule has 5 nitrogen and oxygen atoms in total. The van der Waals surface area contributed by atoms with E-state index in [0.29, 0.717) is 28.1 Å². The maximum absolute atomic E-state index is 11.7. The van der Waals surface area contributed by atoms with E-state index in [2.05, 4.69) is 11.1 Å². The highest BCUT2D eigenvalue weighted by molar-refractivity contribution is 7.90. The van der Waals surface area contributed by atoms with Crippen molar-refractivity contribution in [1.82, 2.24) is 4.98 Å². The van der Waals surface area contributed by atoms with E-state index in [1.807, 2.05) is 18.2 Å². The van der Waals surface area contributed by atoms with E-state index in [4.69, 9.17) is 21.1 Å². The number of methoxy groups -OCH3 is 1. The van der Waals surface area contributed by atoms with Gasteiger partial charge in [0.1, 0.15) is 5.02 Å². The summed E-state index contributed by atoms with van der Waals surface area (Å²) in [5, 5.41) is 0.467. The molecule has 0 aliphatic carbocycles. The smallest absolute Gasteiger partial charge is 0.232 e. The number of rotatable bonds is 6. The van der Waals surface area contributed by atoms with Crippen molar-refractivity contribution < 1.29 is 17.9 Å². The highest BCUT2D eigenvalue weighted by atomic mass is 35.5. The predicted octanol–water partition coefficient (Wildman–Crippen LogP) is 4.20. The molecule has 0 amide bonds. The van der Waals surface area contributed by atoms with Gasteiger partial charge in [0.2, 0.25) is 5.88 Å². The van der Waals surface area contributed by atoms with Crippen LogP contribution in [0.15, 0.2) is 47.4 Å². The first-order chi connectivity index (χ1) is 13.4. The molecule has 1 saturated heterocycles. The molecule has 0 saturated carbocycles. The fourth-order valence-electron chi connectivity index (χ4n) is 3.22. The normalized spacial score (nSPS) is 16.2. The van der Waals surface area contributed by atoms with Crippen LogP contribution in [0.5, 0.6) is 5.88 Å². The maximum atomic E-state index is 11.7. The third-order valence-corrected chi connectivity index (χ3v) is 6.20. The molecule has 0 unspecified atom stereocenters.